The van der Waals surface area contributed by atoms with Crippen molar-refractivity contribution in [2.45, 2.75) is 13.0 Å². The summed E-state index contributed by atoms with van der Waals surface area (Å²) in [5.41, 5.74) is 5.16. The first-order chi connectivity index (χ1) is 11.9. The highest BCUT2D eigenvalue weighted by atomic mass is 79.9. The predicted octanol–water partition coefficient (Wildman–Crippen LogP) is 1.19. The van der Waals surface area contributed by atoms with E-state index in [-0.39, 0.29) is 18.9 Å². The number of aryl methyl sites for hydroxylation is 1. The molecule has 0 radical (unpaired) electrons. The van der Waals surface area contributed by atoms with Crippen molar-refractivity contribution in [2.24, 2.45) is 13.0 Å². The minimum atomic E-state index is -0.511. The van der Waals surface area contributed by atoms with Crippen molar-refractivity contribution < 1.29 is 18.8 Å². The zero-order valence-corrected chi connectivity index (χ0v) is 15.1. The van der Waals surface area contributed by atoms with Gasteiger partial charge in [0.15, 0.2) is 0 Å². The normalized spacial score (nSPS) is 17.0. The van der Waals surface area contributed by atoms with E-state index in [0.717, 1.165) is 4.47 Å². The van der Waals surface area contributed by atoms with Gasteiger partial charge >= 0.3 is 0 Å². The van der Waals surface area contributed by atoms with Gasteiger partial charge < -0.3 is 13.9 Å². The summed E-state index contributed by atoms with van der Waals surface area (Å²) in [6.45, 7) is 0.621. The van der Waals surface area contributed by atoms with Crippen LogP contribution in [0.4, 0.5) is 0 Å². The summed E-state index contributed by atoms with van der Waals surface area (Å²) in [7, 11) is 1.73. The molecule has 1 aliphatic rings. The SMILES string of the molecule is Cn1cc(Br)cc1C(=O)NNC(=O)C1CC(=O)N(Cc2ccco2)C1. The number of hydrazine groups is 1. The summed E-state index contributed by atoms with van der Waals surface area (Å²) in [6, 6.07) is 5.17. The van der Waals surface area contributed by atoms with Gasteiger partial charge in [-0.3, -0.25) is 25.2 Å². The lowest BCUT2D eigenvalue weighted by atomic mass is 10.1. The number of carbonyl (C=O) groups excluding carboxylic acids is 3. The molecule has 0 spiro atoms. The van der Waals surface area contributed by atoms with Crippen LogP contribution < -0.4 is 10.9 Å². The van der Waals surface area contributed by atoms with Gasteiger partial charge in [-0.1, -0.05) is 0 Å². The van der Waals surface area contributed by atoms with Crippen molar-refractivity contribution in [2.75, 3.05) is 6.54 Å². The zero-order chi connectivity index (χ0) is 18.0. The molecular weight excluding hydrogens is 392 g/mol. The number of likely N-dealkylation sites (tertiary alicyclic amines) is 1. The van der Waals surface area contributed by atoms with Gasteiger partial charge in [-0.05, 0) is 34.1 Å². The third-order valence-electron chi connectivity index (χ3n) is 4.02. The number of rotatable bonds is 4. The number of hydrogen-bond acceptors (Lipinski definition) is 4. The van der Waals surface area contributed by atoms with Crippen LogP contribution in [0.2, 0.25) is 0 Å². The zero-order valence-electron chi connectivity index (χ0n) is 13.5. The van der Waals surface area contributed by atoms with Crippen LogP contribution in [-0.4, -0.2) is 33.7 Å². The molecule has 1 fully saturated rings. The second-order valence-electron chi connectivity index (χ2n) is 5.85. The Hall–Kier alpha value is -2.55. The number of aromatic nitrogens is 1. The van der Waals surface area contributed by atoms with Crippen molar-refractivity contribution in [1.82, 2.24) is 20.3 Å². The molecule has 1 atom stereocenters. The third kappa shape index (κ3) is 3.93. The van der Waals surface area contributed by atoms with Crippen molar-refractivity contribution >= 4 is 33.7 Å². The molecule has 3 heterocycles. The maximum absolute atomic E-state index is 12.2. The number of furan rings is 1. The largest absolute Gasteiger partial charge is 0.467 e. The predicted molar refractivity (Wildman–Crippen MR) is 91.0 cm³/mol. The molecule has 132 valence electrons. The van der Waals surface area contributed by atoms with Crippen LogP contribution in [0, 0.1) is 5.92 Å². The highest BCUT2D eigenvalue weighted by Gasteiger charge is 2.34. The van der Waals surface area contributed by atoms with E-state index in [9.17, 15) is 14.4 Å². The first-order valence-electron chi connectivity index (χ1n) is 7.66. The Bertz CT molecular complexity index is 799. The minimum Gasteiger partial charge on any atom is -0.467 e. The maximum Gasteiger partial charge on any atom is 0.286 e. The number of hydrogen-bond donors (Lipinski definition) is 2. The number of nitrogens with one attached hydrogen (secondary N) is 2. The van der Waals surface area contributed by atoms with Gasteiger partial charge in [0.25, 0.3) is 5.91 Å². The van der Waals surface area contributed by atoms with E-state index in [2.05, 4.69) is 26.8 Å². The molecule has 2 aromatic rings. The highest BCUT2D eigenvalue weighted by molar-refractivity contribution is 9.10. The average Bonchev–Trinajstić information content (AvgIpc) is 3.27. The molecule has 1 aliphatic heterocycles. The second-order valence-corrected chi connectivity index (χ2v) is 6.77. The molecule has 8 nitrogen and oxygen atoms in total. The Balaban J connectivity index is 1.52. The van der Waals surface area contributed by atoms with Gasteiger partial charge in [-0.15, -0.1) is 0 Å². The van der Waals surface area contributed by atoms with Gasteiger partial charge in [0.05, 0.1) is 18.7 Å². The molecular formula is C16H17BrN4O4. The van der Waals surface area contributed by atoms with Gasteiger partial charge in [0, 0.05) is 30.7 Å². The Morgan fingerprint density at radius 1 is 1.40 bits per heavy atom. The van der Waals surface area contributed by atoms with Crippen LogP contribution in [0.25, 0.3) is 0 Å². The summed E-state index contributed by atoms with van der Waals surface area (Å²) in [5, 5.41) is 0. The quantitative estimate of drug-likeness (QED) is 0.742. The fourth-order valence-electron chi connectivity index (χ4n) is 2.73. The molecule has 3 amide bonds. The monoisotopic (exact) mass is 408 g/mol. The van der Waals surface area contributed by atoms with Crippen LogP contribution >= 0.6 is 15.9 Å². The molecule has 25 heavy (non-hydrogen) atoms. The molecule has 0 aromatic carbocycles. The van der Waals surface area contributed by atoms with Crippen LogP contribution in [0.3, 0.4) is 0 Å². The summed E-state index contributed by atoms with van der Waals surface area (Å²) < 4.78 is 7.62. The first kappa shape index (κ1) is 17.3. The fourth-order valence-corrected chi connectivity index (χ4v) is 3.25. The molecule has 2 aromatic heterocycles. The molecule has 0 bridgehead atoms. The summed E-state index contributed by atoms with van der Waals surface area (Å²) in [5.74, 6) is -0.788. The van der Waals surface area contributed by atoms with Crippen molar-refractivity contribution in [3.8, 4) is 0 Å². The fraction of sp³-hybridized carbons (Fsp3) is 0.312. The van der Waals surface area contributed by atoms with Gasteiger partial charge in [-0.2, -0.15) is 0 Å². The Kier molecular flexibility index (Phi) is 4.93. The molecule has 1 unspecified atom stereocenters. The van der Waals surface area contributed by atoms with E-state index in [4.69, 9.17) is 4.42 Å². The average molecular weight is 409 g/mol. The first-order valence-corrected chi connectivity index (χ1v) is 8.45. The standard InChI is InChI=1S/C16H17BrN4O4/c1-20-8-11(17)6-13(20)16(24)19-18-15(23)10-5-14(22)21(7-10)9-12-3-2-4-25-12/h2-4,6,8,10H,5,7,9H2,1H3,(H,18,23)(H,19,24). The smallest absolute Gasteiger partial charge is 0.286 e. The topological polar surface area (TPSA) is 96.6 Å². The molecule has 2 N–H and O–H groups in total. The minimum absolute atomic E-state index is 0.109. The summed E-state index contributed by atoms with van der Waals surface area (Å²) in [6.07, 6.45) is 3.38. The number of halogens is 1. The van der Waals surface area contributed by atoms with Crippen LogP contribution in [0.15, 0.2) is 39.5 Å². The van der Waals surface area contributed by atoms with Gasteiger partial charge in [0.1, 0.15) is 11.5 Å². The van der Waals surface area contributed by atoms with Crippen LogP contribution in [-0.2, 0) is 23.2 Å². The summed E-state index contributed by atoms with van der Waals surface area (Å²) >= 11 is 3.28. The van der Waals surface area contributed by atoms with Crippen LogP contribution in [0.1, 0.15) is 22.7 Å². The lowest BCUT2D eigenvalue weighted by molar-refractivity contribution is -0.129. The highest BCUT2D eigenvalue weighted by Crippen LogP contribution is 2.20. The van der Waals surface area contributed by atoms with E-state index in [1.165, 1.54) is 6.26 Å². The molecule has 3 rings (SSSR count). The third-order valence-corrected chi connectivity index (χ3v) is 4.45. The lowest BCUT2D eigenvalue weighted by Crippen LogP contribution is -2.45. The van der Waals surface area contributed by atoms with Crippen LogP contribution in [0.5, 0.6) is 0 Å². The van der Waals surface area contributed by atoms with Crippen molar-refractivity contribution in [1.29, 1.82) is 0 Å². The van der Waals surface area contributed by atoms with E-state index in [0.29, 0.717) is 18.0 Å². The van der Waals surface area contributed by atoms with Gasteiger partial charge in [0.2, 0.25) is 11.8 Å². The Morgan fingerprint density at radius 3 is 2.84 bits per heavy atom. The molecule has 9 heteroatoms. The molecule has 1 saturated heterocycles. The molecule has 0 saturated carbocycles. The van der Waals surface area contributed by atoms with Crippen molar-refractivity contribution in [3.63, 3.8) is 0 Å². The number of carbonyl (C=O) groups is 3. The van der Waals surface area contributed by atoms with E-state index < -0.39 is 17.7 Å². The lowest BCUT2D eigenvalue weighted by Gasteiger charge is -2.15. The number of nitrogens with zero attached hydrogens (tertiary/aromatic N) is 2. The van der Waals surface area contributed by atoms with E-state index in [1.54, 1.807) is 40.9 Å². The summed E-state index contributed by atoms with van der Waals surface area (Å²) in [4.78, 5) is 37.9. The Morgan fingerprint density at radius 2 is 2.20 bits per heavy atom. The van der Waals surface area contributed by atoms with Gasteiger partial charge in [-0.25, -0.2) is 0 Å². The van der Waals surface area contributed by atoms with E-state index >= 15 is 0 Å². The molecule has 0 aliphatic carbocycles. The number of amides is 3. The maximum atomic E-state index is 12.2. The van der Waals surface area contributed by atoms with E-state index in [1.807, 2.05) is 0 Å². The second kappa shape index (κ2) is 7.14. The Labute approximate surface area is 152 Å². The van der Waals surface area contributed by atoms with Crippen molar-refractivity contribution in [3.05, 3.63) is 46.6 Å².